The lowest BCUT2D eigenvalue weighted by Crippen LogP contribution is -2.25. The Morgan fingerprint density at radius 3 is 2.86 bits per heavy atom. The number of carbonyl (C=O) groups is 1. The Labute approximate surface area is 121 Å². The maximum absolute atomic E-state index is 11.9. The lowest BCUT2D eigenvalue weighted by atomic mass is 10.2. The van der Waals surface area contributed by atoms with E-state index in [1.54, 1.807) is 24.3 Å². The number of amides is 1. The summed E-state index contributed by atoms with van der Waals surface area (Å²) in [5.74, 6) is -0.190. The van der Waals surface area contributed by atoms with Crippen molar-refractivity contribution in [2.24, 2.45) is 0 Å². The van der Waals surface area contributed by atoms with Gasteiger partial charge in [0.2, 0.25) is 15.8 Å². The van der Waals surface area contributed by atoms with Gasteiger partial charge in [0.1, 0.15) is 0 Å². The van der Waals surface area contributed by atoms with Crippen molar-refractivity contribution in [2.45, 2.75) is 6.42 Å². The number of sulfonamides is 1. The van der Waals surface area contributed by atoms with Crippen molar-refractivity contribution >= 4 is 27.3 Å². The number of aromatic nitrogens is 1. The van der Waals surface area contributed by atoms with Crippen molar-refractivity contribution in [2.75, 3.05) is 21.9 Å². The predicted octanol–water partition coefficient (Wildman–Crippen LogP) is 1.47. The zero-order valence-corrected chi connectivity index (χ0v) is 11.8. The molecule has 1 aromatic carbocycles. The third-order valence-electron chi connectivity index (χ3n) is 3.15. The van der Waals surface area contributed by atoms with Crippen LogP contribution in [0.2, 0.25) is 0 Å². The standard InChI is InChI=1S/C13H13N3O4S/c17-13(12-5-6-14-20-12)15-10-3-1-4-11(9-10)16-7-2-8-21(16,18)19/h1,3-6,9H,2,7-8H2,(H,15,17). The van der Waals surface area contributed by atoms with Crippen LogP contribution in [0, 0.1) is 0 Å². The number of anilines is 2. The first-order valence-corrected chi connectivity index (χ1v) is 8.00. The first-order chi connectivity index (χ1) is 10.1. The lowest BCUT2D eigenvalue weighted by molar-refractivity contribution is 0.0988. The molecule has 1 N–H and O–H groups in total. The summed E-state index contributed by atoms with van der Waals surface area (Å²) in [5, 5.41) is 6.10. The molecule has 0 aliphatic carbocycles. The monoisotopic (exact) mass is 307 g/mol. The number of nitrogens with zero attached hydrogens (tertiary/aromatic N) is 2. The van der Waals surface area contributed by atoms with Gasteiger partial charge in [0.25, 0.3) is 5.91 Å². The molecule has 1 aliphatic heterocycles. The molecule has 0 unspecified atom stereocenters. The number of benzene rings is 1. The van der Waals surface area contributed by atoms with E-state index in [1.807, 2.05) is 0 Å². The van der Waals surface area contributed by atoms with E-state index in [1.165, 1.54) is 16.6 Å². The number of nitrogens with one attached hydrogen (secondary N) is 1. The molecule has 1 saturated heterocycles. The molecule has 1 amide bonds. The van der Waals surface area contributed by atoms with Crippen molar-refractivity contribution in [3.63, 3.8) is 0 Å². The number of carbonyl (C=O) groups excluding carboxylic acids is 1. The highest BCUT2D eigenvalue weighted by Crippen LogP contribution is 2.26. The largest absolute Gasteiger partial charge is 0.351 e. The third kappa shape index (κ3) is 2.75. The topological polar surface area (TPSA) is 92.5 Å². The Bertz CT molecular complexity index is 755. The van der Waals surface area contributed by atoms with Crippen LogP contribution in [-0.2, 0) is 10.0 Å². The van der Waals surface area contributed by atoms with E-state index >= 15 is 0 Å². The van der Waals surface area contributed by atoms with Gasteiger partial charge in [-0.25, -0.2) is 8.42 Å². The summed E-state index contributed by atoms with van der Waals surface area (Å²) in [4.78, 5) is 11.9. The molecule has 8 heteroatoms. The first-order valence-electron chi connectivity index (χ1n) is 6.39. The SMILES string of the molecule is O=C(Nc1cccc(N2CCCS2(=O)=O)c1)c1ccno1. The molecule has 0 radical (unpaired) electrons. The Kier molecular flexibility index (Phi) is 3.38. The summed E-state index contributed by atoms with van der Waals surface area (Å²) in [5.41, 5.74) is 1.04. The minimum Gasteiger partial charge on any atom is -0.351 e. The van der Waals surface area contributed by atoms with Gasteiger partial charge in [-0.1, -0.05) is 11.2 Å². The molecule has 0 bridgehead atoms. The quantitative estimate of drug-likeness (QED) is 0.927. The first kappa shape index (κ1) is 13.6. The molecule has 1 aliphatic rings. The fourth-order valence-corrected chi connectivity index (χ4v) is 3.75. The van der Waals surface area contributed by atoms with Crippen LogP contribution in [0.3, 0.4) is 0 Å². The fourth-order valence-electron chi connectivity index (χ4n) is 2.19. The van der Waals surface area contributed by atoms with Gasteiger partial charge in [0, 0.05) is 18.3 Å². The fraction of sp³-hybridized carbons (Fsp3) is 0.231. The third-order valence-corrected chi connectivity index (χ3v) is 5.02. The molecule has 7 nitrogen and oxygen atoms in total. The highest BCUT2D eigenvalue weighted by atomic mass is 32.2. The zero-order chi connectivity index (χ0) is 14.9. The molecule has 21 heavy (non-hydrogen) atoms. The number of rotatable bonds is 3. The molecular formula is C13H13N3O4S. The van der Waals surface area contributed by atoms with E-state index in [-0.39, 0.29) is 11.5 Å². The van der Waals surface area contributed by atoms with Crippen LogP contribution in [0.1, 0.15) is 17.0 Å². The smallest absolute Gasteiger partial charge is 0.294 e. The average Bonchev–Trinajstić information content (AvgIpc) is 3.08. The van der Waals surface area contributed by atoms with Crippen LogP contribution in [0.5, 0.6) is 0 Å². The molecule has 0 saturated carbocycles. The Balaban J connectivity index is 1.82. The Hall–Kier alpha value is -2.35. The predicted molar refractivity (Wildman–Crippen MR) is 76.6 cm³/mol. The zero-order valence-electron chi connectivity index (χ0n) is 11.0. The van der Waals surface area contributed by atoms with Gasteiger partial charge in [0.05, 0.1) is 17.6 Å². The maximum Gasteiger partial charge on any atom is 0.294 e. The van der Waals surface area contributed by atoms with Crippen molar-refractivity contribution in [1.29, 1.82) is 0 Å². The van der Waals surface area contributed by atoms with Gasteiger partial charge < -0.3 is 9.84 Å². The molecule has 0 atom stereocenters. The van der Waals surface area contributed by atoms with Crippen LogP contribution in [0.15, 0.2) is 41.1 Å². The van der Waals surface area contributed by atoms with Gasteiger partial charge >= 0.3 is 0 Å². The molecule has 2 heterocycles. The molecular weight excluding hydrogens is 294 g/mol. The highest BCUT2D eigenvalue weighted by molar-refractivity contribution is 7.93. The summed E-state index contributed by atoms with van der Waals surface area (Å²) < 4.78 is 29.9. The normalized spacial score (nSPS) is 16.9. The van der Waals surface area contributed by atoms with Crippen LogP contribution in [0.25, 0.3) is 0 Å². The molecule has 2 aromatic rings. The summed E-state index contributed by atoms with van der Waals surface area (Å²) >= 11 is 0. The second-order valence-corrected chi connectivity index (χ2v) is 6.64. The van der Waals surface area contributed by atoms with Crippen LogP contribution in [-0.4, -0.2) is 31.8 Å². The summed E-state index contributed by atoms with van der Waals surface area (Å²) in [6.45, 7) is 0.460. The minimum atomic E-state index is -3.24. The van der Waals surface area contributed by atoms with Crippen LogP contribution in [0.4, 0.5) is 11.4 Å². The van der Waals surface area contributed by atoms with Crippen LogP contribution < -0.4 is 9.62 Å². The average molecular weight is 307 g/mol. The maximum atomic E-state index is 11.9. The summed E-state index contributed by atoms with van der Waals surface area (Å²) in [6, 6.07) is 8.15. The van der Waals surface area contributed by atoms with Gasteiger partial charge in [-0.05, 0) is 24.6 Å². The van der Waals surface area contributed by atoms with Gasteiger partial charge in [-0.2, -0.15) is 0 Å². The van der Waals surface area contributed by atoms with Gasteiger partial charge in [-0.15, -0.1) is 0 Å². The van der Waals surface area contributed by atoms with E-state index in [4.69, 9.17) is 4.52 Å². The Morgan fingerprint density at radius 2 is 2.19 bits per heavy atom. The van der Waals surface area contributed by atoms with E-state index in [2.05, 4.69) is 10.5 Å². The second kappa shape index (κ2) is 5.21. The van der Waals surface area contributed by atoms with Gasteiger partial charge in [-0.3, -0.25) is 9.10 Å². The Morgan fingerprint density at radius 1 is 1.33 bits per heavy atom. The van der Waals surface area contributed by atoms with E-state index in [0.717, 1.165) is 0 Å². The summed E-state index contributed by atoms with van der Waals surface area (Å²) in [6.07, 6.45) is 1.99. The minimum absolute atomic E-state index is 0.0918. The van der Waals surface area contributed by atoms with Crippen molar-refractivity contribution in [3.8, 4) is 0 Å². The van der Waals surface area contributed by atoms with E-state index in [0.29, 0.717) is 24.3 Å². The molecule has 3 rings (SSSR count). The van der Waals surface area contributed by atoms with Crippen molar-refractivity contribution in [3.05, 3.63) is 42.3 Å². The summed E-state index contributed by atoms with van der Waals surface area (Å²) in [7, 11) is -3.24. The van der Waals surface area contributed by atoms with Crippen LogP contribution >= 0.6 is 0 Å². The van der Waals surface area contributed by atoms with E-state index < -0.39 is 15.9 Å². The second-order valence-electron chi connectivity index (χ2n) is 4.62. The number of hydrogen-bond donors (Lipinski definition) is 1. The molecule has 110 valence electrons. The van der Waals surface area contributed by atoms with Crippen molar-refractivity contribution < 1.29 is 17.7 Å². The molecule has 0 spiro atoms. The lowest BCUT2D eigenvalue weighted by Gasteiger charge is -2.17. The van der Waals surface area contributed by atoms with E-state index in [9.17, 15) is 13.2 Å². The molecule has 1 fully saturated rings. The van der Waals surface area contributed by atoms with Gasteiger partial charge in [0.15, 0.2) is 0 Å². The van der Waals surface area contributed by atoms with Crippen molar-refractivity contribution in [1.82, 2.24) is 5.16 Å². The highest BCUT2D eigenvalue weighted by Gasteiger charge is 2.28. The number of hydrogen-bond acceptors (Lipinski definition) is 5. The molecule has 1 aromatic heterocycles.